The standard InChI is InChI=1S/C32H60O5/c1-3-5-7-9-11-13-15-17-19-21-23-25-27-32(35)37-30(28-33)29-36-31(34)26-24-22-20-18-16-14-12-10-8-6-4-2/h10,12,30,33H,3-9,11,13-29H2,1-2H3. The van der Waals surface area contributed by atoms with Crippen LogP contribution in [0.25, 0.3) is 0 Å². The van der Waals surface area contributed by atoms with Gasteiger partial charge in [0.2, 0.25) is 0 Å². The lowest BCUT2D eigenvalue weighted by Crippen LogP contribution is -2.28. The quantitative estimate of drug-likeness (QED) is 0.0628. The lowest BCUT2D eigenvalue weighted by molar-refractivity contribution is -0.161. The molecular weight excluding hydrogens is 464 g/mol. The van der Waals surface area contributed by atoms with Crippen LogP contribution in [-0.2, 0) is 19.1 Å². The molecule has 5 nitrogen and oxygen atoms in total. The Balaban J connectivity index is 3.59. The average Bonchev–Trinajstić information content (AvgIpc) is 2.90. The van der Waals surface area contributed by atoms with Gasteiger partial charge in [0.25, 0.3) is 0 Å². The summed E-state index contributed by atoms with van der Waals surface area (Å²) in [6, 6.07) is 0. The van der Waals surface area contributed by atoms with E-state index in [4.69, 9.17) is 9.47 Å². The fourth-order valence-corrected chi connectivity index (χ4v) is 4.36. The molecule has 0 saturated heterocycles. The van der Waals surface area contributed by atoms with Crippen LogP contribution in [0.4, 0.5) is 0 Å². The molecule has 5 heteroatoms. The van der Waals surface area contributed by atoms with Gasteiger partial charge in [0.1, 0.15) is 6.61 Å². The van der Waals surface area contributed by atoms with Crippen molar-refractivity contribution in [3.05, 3.63) is 12.2 Å². The number of ether oxygens (including phenoxy) is 2. The largest absolute Gasteiger partial charge is 0.462 e. The fraction of sp³-hybridized carbons (Fsp3) is 0.875. The summed E-state index contributed by atoms with van der Waals surface area (Å²) in [6.45, 7) is 4.07. The van der Waals surface area contributed by atoms with E-state index in [1.165, 1.54) is 89.9 Å². The molecule has 0 aromatic heterocycles. The van der Waals surface area contributed by atoms with E-state index in [9.17, 15) is 14.7 Å². The molecule has 0 bridgehead atoms. The summed E-state index contributed by atoms with van der Waals surface area (Å²) >= 11 is 0. The van der Waals surface area contributed by atoms with E-state index < -0.39 is 6.10 Å². The maximum Gasteiger partial charge on any atom is 0.306 e. The number of rotatable bonds is 28. The second-order valence-corrected chi connectivity index (χ2v) is 10.5. The zero-order valence-corrected chi connectivity index (χ0v) is 24.5. The highest BCUT2D eigenvalue weighted by Crippen LogP contribution is 2.13. The molecule has 37 heavy (non-hydrogen) atoms. The molecule has 0 amide bonds. The van der Waals surface area contributed by atoms with E-state index in [2.05, 4.69) is 26.0 Å². The number of unbranched alkanes of at least 4 members (excludes halogenated alkanes) is 18. The van der Waals surface area contributed by atoms with Crippen LogP contribution in [0.1, 0.15) is 162 Å². The Hall–Kier alpha value is -1.36. The molecule has 0 aliphatic heterocycles. The van der Waals surface area contributed by atoms with Gasteiger partial charge < -0.3 is 14.6 Å². The summed E-state index contributed by atoms with van der Waals surface area (Å²) < 4.78 is 10.5. The third-order valence-corrected chi connectivity index (χ3v) is 6.81. The van der Waals surface area contributed by atoms with Crippen molar-refractivity contribution in [1.29, 1.82) is 0 Å². The van der Waals surface area contributed by atoms with Crippen molar-refractivity contribution in [3.63, 3.8) is 0 Å². The van der Waals surface area contributed by atoms with Crippen LogP contribution in [-0.4, -0.2) is 36.4 Å². The van der Waals surface area contributed by atoms with E-state index in [0.717, 1.165) is 44.9 Å². The molecule has 0 aromatic rings. The first-order valence-electron chi connectivity index (χ1n) is 15.7. The third-order valence-electron chi connectivity index (χ3n) is 6.81. The molecule has 0 fully saturated rings. The average molecular weight is 525 g/mol. The minimum Gasteiger partial charge on any atom is -0.462 e. The lowest BCUT2D eigenvalue weighted by Gasteiger charge is -2.15. The Labute approximate surface area is 229 Å². The predicted octanol–water partition coefficient (Wildman–Crippen LogP) is 9.00. The first-order valence-corrected chi connectivity index (χ1v) is 15.7. The Bertz CT molecular complexity index is 531. The summed E-state index contributed by atoms with van der Waals surface area (Å²) in [4.78, 5) is 24.0. The molecule has 0 spiro atoms. The van der Waals surface area contributed by atoms with Gasteiger partial charge in [-0.05, 0) is 32.1 Å². The second kappa shape index (κ2) is 29.2. The van der Waals surface area contributed by atoms with Crippen molar-refractivity contribution in [2.24, 2.45) is 0 Å². The highest BCUT2D eigenvalue weighted by Gasteiger charge is 2.16. The van der Waals surface area contributed by atoms with Crippen molar-refractivity contribution in [3.8, 4) is 0 Å². The van der Waals surface area contributed by atoms with E-state index in [-0.39, 0.29) is 25.2 Å². The molecule has 0 aliphatic carbocycles. The zero-order chi connectivity index (χ0) is 27.2. The number of allylic oxidation sites excluding steroid dienone is 2. The lowest BCUT2D eigenvalue weighted by atomic mass is 10.0. The highest BCUT2D eigenvalue weighted by molar-refractivity contribution is 5.70. The van der Waals surface area contributed by atoms with Gasteiger partial charge in [-0.3, -0.25) is 9.59 Å². The van der Waals surface area contributed by atoms with Crippen LogP contribution < -0.4 is 0 Å². The molecule has 0 saturated carbocycles. The summed E-state index contributed by atoms with van der Waals surface area (Å²) in [5.41, 5.74) is 0. The number of esters is 2. The highest BCUT2D eigenvalue weighted by atomic mass is 16.6. The van der Waals surface area contributed by atoms with Crippen LogP contribution in [0.5, 0.6) is 0 Å². The molecule has 218 valence electrons. The zero-order valence-electron chi connectivity index (χ0n) is 24.5. The van der Waals surface area contributed by atoms with Gasteiger partial charge >= 0.3 is 11.9 Å². The second-order valence-electron chi connectivity index (χ2n) is 10.5. The molecule has 0 aliphatic rings. The third kappa shape index (κ3) is 27.5. The minimum absolute atomic E-state index is 0.0656. The summed E-state index contributed by atoms with van der Waals surface area (Å²) in [7, 11) is 0. The molecule has 1 unspecified atom stereocenters. The molecule has 0 heterocycles. The van der Waals surface area contributed by atoms with E-state index in [1.807, 2.05) is 0 Å². The Morgan fingerprint density at radius 2 is 1.03 bits per heavy atom. The molecule has 0 rings (SSSR count). The predicted molar refractivity (Wildman–Crippen MR) is 155 cm³/mol. The van der Waals surface area contributed by atoms with E-state index >= 15 is 0 Å². The van der Waals surface area contributed by atoms with Crippen LogP contribution in [0.3, 0.4) is 0 Å². The van der Waals surface area contributed by atoms with Gasteiger partial charge in [-0.15, -0.1) is 0 Å². The number of aliphatic hydroxyl groups excluding tert-OH is 1. The number of aliphatic hydroxyl groups is 1. The molecule has 1 atom stereocenters. The van der Waals surface area contributed by atoms with Crippen LogP contribution in [0, 0.1) is 0 Å². The van der Waals surface area contributed by atoms with Gasteiger partial charge in [-0.2, -0.15) is 0 Å². The van der Waals surface area contributed by atoms with Crippen LogP contribution in [0.15, 0.2) is 12.2 Å². The van der Waals surface area contributed by atoms with Crippen molar-refractivity contribution in [2.75, 3.05) is 13.2 Å². The smallest absolute Gasteiger partial charge is 0.306 e. The van der Waals surface area contributed by atoms with Gasteiger partial charge in [0, 0.05) is 12.8 Å². The fourth-order valence-electron chi connectivity index (χ4n) is 4.36. The van der Waals surface area contributed by atoms with Gasteiger partial charge in [-0.25, -0.2) is 0 Å². The Morgan fingerprint density at radius 3 is 1.54 bits per heavy atom. The van der Waals surface area contributed by atoms with Crippen LogP contribution >= 0.6 is 0 Å². The molecular formula is C32H60O5. The first kappa shape index (κ1) is 35.6. The maximum absolute atomic E-state index is 12.0. The number of carbonyl (C=O) groups excluding carboxylic acids is 2. The maximum atomic E-state index is 12.0. The minimum atomic E-state index is -0.765. The number of carbonyl (C=O) groups is 2. The van der Waals surface area contributed by atoms with Crippen molar-refractivity contribution < 1.29 is 24.2 Å². The number of hydrogen-bond donors (Lipinski definition) is 1. The van der Waals surface area contributed by atoms with Crippen molar-refractivity contribution in [2.45, 2.75) is 168 Å². The van der Waals surface area contributed by atoms with Gasteiger partial charge in [0.05, 0.1) is 6.61 Å². The normalized spacial score (nSPS) is 12.2. The van der Waals surface area contributed by atoms with Gasteiger partial charge in [0.15, 0.2) is 6.10 Å². The summed E-state index contributed by atoms with van der Waals surface area (Å²) in [5.74, 6) is -0.600. The number of hydrogen-bond acceptors (Lipinski definition) is 5. The van der Waals surface area contributed by atoms with Crippen LogP contribution in [0.2, 0.25) is 0 Å². The van der Waals surface area contributed by atoms with Gasteiger partial charge in [-0.1, -0.05) is 129 Å². The topological polar surface area (TPSA) is 72.8 Å². The molecule has 0 aromatic carbocycles. The van der Waals surface area contributed by atoms with E-state index in [1.54, 1.807) is 0 Å². The van der Waals surface area contributed by atoms with Crippen molar-refractivity contribution >= 4 is 11.9 Å². The molecule has 1 N–H and O–H groups in total. The SMILES string of the molecule is CCCCC=CCCCCCCCC(=O)OCC(CO)OC(=O)CCCCCCCCCCCCCC. The Kier molecular flexibility index (Phi) is 28.1. The molecule has 0 radical (unpaired) electrons. The Morgan fingerprint density at radius 1 is 0.595 bits per heavy atom. The van der Waals surface area contributed by atoms with E-state index in [0.29, 0.717) is 12.8 Å². The first-order chi connectivity index (χ1) is 18.1. The summed E-state index contributed by atoms with van der Waals surface area (Å²) in [6.07, 6.45) is 29.7. The van der Waals surface area contributed by atoms with Crippen molar-refractivity contribution in [1.82, 2.24) is 0 Å². The monoisotopic (exact) mass is 524 g/mol. The summed E-state index contributed by atoms with van der Waals surface area (Å²) in [5, 5.41) is 9.46.